The van der Waals surface area contributed by atoms with Gasteiger partial charge in [-0.3, -0.25) is 4.79 Å². The number of hydrogen-bond donors (Lipinski definition) is 0. The van der Waals surface area contributed by atoms with Crippen molar-refractivity contribution in [2.24, 2.45) is 0 Å². The quantitative estimate of drug-likeness (QED) is 0.597. The Kier molecular flexibility index (Phi) is 3.40. The van der Waals surface area contributed by atoms with Gasteiger partial charge in [-0.25, -0.2) is 0 Å². The minimum Gasteiger partial charge on any atom is -0.460 e. The number of para-hydroxylation sites is 1. The van der Waals surface area contributed by atoms with Crippen LogP contribution >= 0.6 is 0 Å². The number of furan rings is 1. The van der Waals surface area contributed by atoms with Gasteiger partial charge in [0, 0.05) is 18.1 Å². The van der Waals surface area contributed by atoms with Crippen molar-refractivity contribution < 1.29 is 13.9 Å². The summed E-state index contributed by atoms with van der Waals surface area (Å²) in [4.78, 5) is 10.9. The Morgan fingerprint density at radius 3 is 2.82 bits per heavy atom. The third-order valence-corrected chi connectivity index (χ3v) is 2.11. The zero-order chi connectivity index (χ0) is 12.1. The first kappa shape index (κ1) is 11.2. The Balaban J connectivity index is 2.23. The van der Waals surface area contributed by atoms with Crippen LogP contribution in [-0.2, 0) is 4.79 Å². The molecule has 0 fully saturated rings. The summed E-state index contributed by atoms with van der Waals surface area (Å²) >= 11 is 0. The van der Waals surface area contributed by atoms with Crippen molar-refractivity contribution in [1.82, 2.24) is 0 Å². The molecule has 0 amide bonds. The number of carbonyl (C=O) groups excluding carboxylic acids is 1. The van der Waals surface area contributed by atoms with Crippen molar-refractivity contribution >= 4 is 18.1 Å². The van der Waals surface area contributed by atoms with Crippen molar-refractivity contribution in [3.63, 3.8) is 0 Å². The number of carbonyl (C=O) groups is 1. The second-order valence-electron chi connectivity index (χ2n) is 3.44. The second-order valence-corrected chi connectivity index (χ2v) is 3.44. The maximum absolute atomic E-state index is 10.9. The smallest absolute Gasteiger partial charge is 0.308 e. The summed E-state index contributed by atoms with van der Waals surface area (Å²) in [5.74, 6) is 0.209. The second kappa shape index (κ2) is 5.16. The lowest BCUT2D eigenvalue weighted by Crippen LogP contribution is -2.02. The zero-order valence-electron chi connectivity index (χ0n) is 9.34. The van der Waals surface area contributed by atoms with E-state index in [1.165, 1.54) is 6.92 Å². The van der Waals surface area contributed by atoms with Gasteiger partial charge in [0.25, 0.3) is 0 Å². The lowest BCUT2D eigenvalue weighted by atomic mass is 10.1. The largest absolute Gasteiger partial charge is 0.460 e. The van der Waals surface area contributed by atoms with E-state index in [1.54, 1.807) is 18.4 Å². The van der Waals surface area contributed by atoms with E-state index in [-0.39, 0.29) is 5.97 Å². The predicted molar refractivity (Wildman–Crippen MR) is 64.2 cm³/mol. The molecule has 0 aliphatic rings. The molecule has 0 aliphatic heterocycles. The molecule has 0 N–H and O–H groups in total. The normalized spacial score (nSPS) is 10.6. The molecule has 3 heteroatoms. The van der Waals surface area contributed by atoms with Crippen LogP contribution in [0.15, 0.2) is 41.0 Å². The van der Waals surface area contributed by atoms with E-state index < -0.39 is 0 Å². The van der Waals surface area contributed by atoms with Crippen LogP contribution in [0.1, 0.15) is 18.1 Å². The van der Waals surface area contributed by atoms with E-state index in [0.717, 1.165) is 11.1 Å². The number of ether oxygens (including phenoxy) is 1. The summed E-state index contributed by atoms with van der Waals surface area (Å²) in [5, 5.41) is 0. The molecule has 0 atom stereocenters. The highest BCUT2D eigenvalue weighted by atomic mass is 16.5. The van der Waals surface area contributed by atoms with E-state index in [2.05, 4.69) is 6.26 Å². The Bertz CT molecular complexity index is 524. The highest BCUT2D eigenvalue weighted by Gasteiger charge is 2.02. The molecule has 2 aromatic rings. The van der Waals surface area contributed by atoms with Crippen molar-refractivity contribution in [2.75, 3.05) is 0 Å². The minimum atomic E-state index is -0.333. The van der Waals surface area contributed by atoms with Crippen LogP contribution in [0.25, 0.3) is 12.2 Å². The Labute approximate surface area is 99.3 Å². The van der Waals surface area contributed by atoms with Gasteiger partial charge in [0.15, 0.2) is 6.26 Å². The zero-order valence-corrected chi connectivity index (χ0v) is 9.34. The molecular weight excluding hydrogens is 216 g/mol. The van der Waals surface area contributed by atoms with E-state index in [9.17, 15) is 4.79 Å². The first-order chi connectivity index (χ1) is 8.25. The molecule has 0 bridgehead atoms. The lowest BCUT2D eigenvalue weighted by Gasteiger charge is -2.04. The van der Waals surface area contributed by atoms with E-state index >= 15 is 0 Å². The Hall–Kier alpha value is -2.29. The van der Waals surface area contributed by atoms with Gasteiger partial charge in [0.05, 0.1) is 6.26 Å². The fourth-order valence-corrected chi connectivity index (χ4v) is 1.38. The van der Waals surface area contributed by atoms with E-state index in [0.29, 0.717) is 5.75 Å². The molecule has 0 saturated heterocycles. The standard InChI is InChI=1S/C14H11O3/c1-11(15)17-14-5-3-2-4-13(14)7-6-12-8-9-16-10-12/h2-9H,1H3/b7-6+. The maximum Gasteiger partial charge on any atom is 0.308 e. The van der Waals surface area contributed by atoms with Gasteiger partial charge in [-0.1, -0.05) is 30.4 Å². The van der Waals surface area contributed by atoms with Crippen molar-refractivity contribution in [1.29, 1.82) is 0 Å². The third kappa shape index (κ3) is 3.08. The van der Waals surface area contributed by atoms with Crippen LogP contribution in [0.4, 0.5) is 0 Å². The summed E-state index contributed by atoms with van der Waals surface area (Å²) in [7, 11) is 0. The topological polar surface area (TPSA) is 39.4 Å². The average molecular weight is 227 g/mol. The number of benzene rings is 1. The highest BCUT2D eigenvalue weighted by Crippen LogP contribution is 2.20. The Morgan fingerprint density at radius 2 is 2.12 bits per heavy atom. The average Bonchev–Trinajstić information content (AvgIpc) is 2.80. The molecular formula is C14H11O3. The fourth-order valence-electron chi connectivity index (χ4n) is 1.38. The first-order valence-corrected chi connectivity index (χ1v) is 5.16. The van der Waals surface area contributed by atoms with Gasteiger partial charge in [-0.05, 0) is 12.1 Å². The summed E-state index contributed by atoms with van der Waals surface area (Å²) in [5.41, 5.74) is 1.67. The van der Waals surface area contributed by atoms with Crippen LogP contribution in [-0.4, -0.2) is 5.97 Å². The van der Waals surface area contributed by atoms with Crippen LogP contribution in [0, 0.1) is 6.26 Å². The SMILES string of the molecule is CC(=O)Oc1ccccc1/C=C/c1[c]occ1. The van der Waals surface area contributed by atoms with Crippen molar-refractivity contribution in [3.8, 4) is 5.75 Å². The van der Waals surface area contributed by atoms with Crippen LogP contribution in [0.5, 0.6) is 5.75 Å². The molecule has 85 valence electrons. The van der Waals surface area contributed by atoms with Crippen LogP contribution < -0.4 is 4.74 Å². The number of rotatable bonds is 3. The molecule has 3 nitrogen and oxygen atoms in total. The highest BCUT2D eigenvalue weighted by molar-refractivity contribution is 5.75. The summed E-state index contributed by atoms with van der Waals surface area (Å²) in [6, 6.07) is 9.12. The van der Waals surface area contributed by atoms with Gasteiger partial charge in [0.2, 0.25) is 0 Å². The van der Waals surface area contributed by atoms with Crippen LogP contribution in [0.2, 0.25) is 0 Å². The molecule has 1 heterocycles. The van der Waals surface area contributed by atoms with E-state index in [4.69, 9.17) is 9.15 Å². The molecule has 17 heavy (non-hydrogen) atoms. The minimum absolute atomic E-state index is 0.333. The molecule has 0 spiro atoms. The molecule has 0 saturated carbocycles. The van der Waals surface area contributed by atoms with Gasteiger partial charge >= 0.3 is 5.97 Å². The molecule has 1 aromatic heterocycles. The van der Waals surface area contributed by atoms with Crippen molar-refractivity contribution in [2.45, 2.75) is 6.92 Å². The predicted octanol–water partition coefficient (Wildman–Crippen LogP) is 3.18. The summed E-state index contributed by atoms with van der Waals surface area (Å²) in [6.45, 7) is 1.38. The maximum atomic E-state index is 10.9. The van der Waals surface area contributed by atoms with Gasteiger partial charge in [0.1, 0.15) is 5.75 Å². The Morgan fingerprint density at radius 1 is 1.29 bits per heavy atom. The number of hydrogen-bond acceptors (Lipinski definition) is 3. The van der Waals surface area contributed by atoms with E-state index in [1.807, 2.05) is 30.4 Å². The lowest BCUT2D eigenvalue weighted by molar-refractivity contribution is -0.131. The van der Waals surface area contributed by atoms with Gasteiger partial charge in [-0.15, -0.1) is 0 Å². The summed E-state index contributed by atoms with van der Waals surface area (Å²) in [6.07, 6.45) is 7.94. The fraction of sp³-hybridized carbons (Fsp3) is 0.0714. The van der Waals surface area contributed by atoms with Crippen molar-refractivity contribution in [3.05, 3.63) is 54.0 Å². The van der Waals surface area contributed by atoms with Gasteiger partial charge < -0.3 is 9.15 Å². The molecule has 1 aromatic carbocycles. The molecule has 0 unspecified atom stereocenters. The number of esters is 1. The van der Waals surface area contributed by atoms with Crippen LogP contribution in [0.3, 0.4) is 0 Å². The molecule has 0 aliphatic carbocycles. The monoisotopic (exact) mass is 227 g/mol. The third-order valence-electron chi connectivity index (χ3n) is 2.11. The summed E-state index contributed by atoms with van der Waals surface area (Å²) < 4.78 is 9.93. The molecule has 2 rings (SSSR count). The van der Waals surface area contributed by atoms with Gasteiger partial charge in [-0.2, -0.15) is 0 Å². The first-order valence-electron chi connectivity index (χ1n) is 5.16. The molecule has 1 radical (unpaired) electrons.